The Kier molecular flexibility index (Phi) is 4.35. The first kappa shape index (κ1) is 14.1. The van der Waals surface area contributed by atoms with Gasteiger partial charge in [0.2, 0.25) is 0 Å². The van der Waals surface area contributed by atoms with Crippen LogP contribution in [0.1, 0.15) is 18.4 Å². The van der Waals surface area contributed by atoms with Crippen LogP contribution in [-0.4, -0.2) is 30.4 Å². The maximum Gasteiger partial charge on any atom is 0.256 e. The van der Waals surface area contributed by atoms with Crippen LogP contribution in [0.3, 0.4) is 0 Å². The number of hydrogen-bond donors (Lipinski definition) is 0. The number of amides is 2. The van der Waals surface area contributed by atoms with Gasteiger partial charge in [0.1, 0.15) is 5.75 Å². The third-order valence-corrected chi connectivity index (χ3v) is 3.21. The molecule has 1 aliphatic heterocycles. The fourth-order valence-corrected chi connectivity index (χ4v) is 2.03. The Morgan fingerprint density at radius 1 is 1.35 bits per heavy atom. The number of benzene rings is 1. The van der Waals surface area contributed by atoms with Gasteiger partial charge in [-0.15, -0.1) is 0 Å². The molecule has 2 amide bonds. The number of methoxy groups -OCH3 is 1. The molecule has 0 bridgehead atoms. The van der Waals surface area contributed by atoms with Gasteiger partial charge >= 0.3 is 0 Å². The Bertz CT molecular complexity index is 558. The first-order valence-electron chi connectivity index (χ1n) is 6.47. The lowest BCUT2D eigenvalue weighted by Crippen LogP contribution is -2.40. The zero-order chi connectivity index (χ0) is 14.5. The summed E-state index contributed by atoms with van der Waals surface area (Å²) in [5.41, 5.74) is 1.38. The molecule has 0 N–H and O–H groups in total. The SMILES string of the molecule is C=C1CCCN(C(=O)/C=C/c2ccc(OC)cc2)C1=O. The van der Waals surface area contributed by atoms with Crippen LogP contribution in [-0.2, 0) is 9.59 Å². The second-order valence-corrected chi connectivity index (χ2v) is 4.61. The van der Waals surface area contributed by atoms with Gasteiger partial charge in [-0.25, -0.2) is 0 Å². The summed E-state index contributed by atoms with van der Waals surface area (Å²) >= 11 is 0. The van der Waals surface area contributed by atoms with Gasteiger partial charge < -0.3 is 4.74 Å². The van der Waals surface area contributed by atoms with Gasteiger partial charge in [0.15, 0.2) is 0 Å². The molecule has 20 heavy (non-hydrogen) atoms. The Morgan fingerprint density at radius 2 is 2.05 bits per heavy atom. The zero-order valence-corrected chi connectivity index (χ0v) is 11.5. The summed E-state index contributed by atoms with van der Waals surface area (Å²) in [4.78, 5) is 25.1. The molecule has 1 saturated heterocycles. The first-order valence-corrected chi connectivity index (χ1v) is 6.47. The smallest absolute Gasteiger partial charge is 0.256 e. The molecular weight excluding hydrogens is 254 g/mol. The van der Waals surface area contributed by atoms with Crippen molar-refractivity contribution in [3.63, 3.8) is 0 Å². The Hall–Kier alpha value is -2.36. The number of likely N-dealkylation sites (tertiary alicyclic amines) is 1. The third kappa shape index (κ3) is 3.15. The van der Waals surface area contributed by atoms with E-state index in [0.29, 0.717) is 18.5 Å². The quantitative estimate of drug-likeness (QED) is 0.793. The summed E-state index contributed by atoms with van der Waals surface area (Å²) in [6.45, 7) is 4.15. The van der Waals surface area contributed by atoms with Crippen molar-refractivity contribution in [1.29, 1.82) is 0 Å². The highest BCUT2D eigenvalue weighted by Crippen LogP contribution is 2.16. The Labute approximate surface area is 118 Å². The lowest BCUT2D eigenvalue weighted by atomic mass is 10.1. The number of hydrogen-bond acceptors (Lipinski definition) is 3. The van der Waals surface area contributed by atoms with Crippen molar-refractivity contribution in [2.24, 2.45) is 0 Å². The summed E-state index contributed by atoms with van der Waals surface area (Å²) < 4.78 is 5.06. The van der Waals surface area contributed by atoms with E-state index in [4.69, 9.17) is 4.74 Å². The van der Waals surface area contributed by atoms with E-state index in [9.17, 15) is 9.59 Å². The number of rotatable bonds is 3. The van der Waals surface area contributed by atoms with Crippen LogP contribution in [0.25, 0.3) is 6.08 Å². The number of carbonyl (C=O) groups is 2. The molecule has 0 saturated carbocycles. The predicted octanol–water partition coefficient (Wildman–Crippen LogP) is 2.41. The molecule has 0 aromatic heterocycles. The molecule has 1 aliphatic rings. The molecule has 1 aromatic rings. The first-order chi connectivity index (χ1) is 9.61. The number of imide groups is 1. The maximum absolute atomic E-state index is 12.0. The molecule has 0 atom stereocenters. The Balaban J connectivity index is 2.04. The van der Waals surface area contributed by atoms with Crippen molar-refractivity contribution >= 4 is 17.9 Å². The average Bonchev–Trinajstić information content (AvgIpc) is 2.48. The largest absolute Gasteiger partial charge is 0.497 e. The van der Waals surface area contributed by atoms with Crippen molar-refractivity contribution in [2.45, 2.75) is 12.8 Å². The van der Waals surface area contributed by atoms with Crippen molar-refractivity contribution in [2.75, 3.05) is 13.7 Å². The van der Waals surface area contributed by atoms with E-state index in [-0.39, 0.29) is 11.8 Å². The van der Waals surface area contributed by atoms with E-state index in [1.807, 2.05) is 24.3 Å². The van der Waals surface area contributed by atoms with Crippen LogP contribution in [0.5, 0.6) is 5.75 Å². The van der Waals surface area contributed by atoms with Crippen LogP contribution in [0.15, 0.2) is 42.5 Å². The van der Waals surface area contributed by atoms with Crippen LogP contribution in [0.2, 0.25) is 0 Å². The second kappa shape index (κ2) is 6.19. The highest BCUT2D eigenvalue weighted by atomic mass is 16.5. The van der Waals surface area contributed by atoms with Crippen molar-refractivity contribution < 1.29 is 14.3 Å². The summed E-state index contributed by atoms with van der Waals surface area (Å²) in [6, 6.07) is 7.33. The summed E-state index contributed by atoms with van der Waals surface area (Å²) in [5, 5.41) is 0. The summed E-state index contributed by atoms with van der Waals surface area (Å²) in [7, 11) is 1.60. The van der Waals surface area contributed by atoms with E-state index in [1.54, 1.807) is 13.2 Å². The van der Waals surface area contributed by atoms with E-state index in [0.717, 1.165) is 17.7 Å². The van der Waals surface area contributed by atoms with Gasteiger partial charge in [0, 0.05) is 18.2 Å². The van der Waals surface area contributed by atoms with E-state index in [1.165, 1.54) is 11.0 Å². The van der Waals surface area contributed by atoms with Gasteiger partial charge in [-0.2, -0.15) is 0 Å². The molecule has 4 heteroatoms. The number of ether oxygens (including phenoxy) is 1. The molecule has 4 nitrogen and oxygen atoms in total. The molecule has 0 unspecified atom stereocenters. The lowest BCUT2D eigenvalue weighted by molar-refractivity contribution is -0.140. The monoisotopic (exact) mass is 271 g/mol. The molecule has 0 radical (unpaired) electrons. The van der Waals surface area contributed by atoms with Gasteiger partial charge in [-0.1, -0.05) is 18.7 Å². The fourth-order valence-electron chi connectivity index (χ4n) is 2.03. The maximum atomic E-state index is 12.0. The van der Waals surface area contributed by atoms with Gasteiger partial charge in [-0.05, 0) is 36.6 Å². The minimum absolute atomic E-state index is 0.263. The van der Waals surface area contributed by atoms with E-state index >= 15 is 0 Å². The summed E-state index contributed by atoms with van der Waals surface area (Å²) in [5.74, 6) is 0.197. The van der Waals surface area contributed by atoms with Gasteiger partial charge in [-0.3, -0.25) is 14.5 Å². The van der Waals surface area contributed by atoms with Gasteiger partial charge in [0.25, 0.3) is 11.8 Å². The molecule has 0 aliphatic carbocycles. The molecule has 2 rings (SSSR count). The molecule has 104 valence electrons. The minimum atomic E-state index is -0.299. The zero-order valence-electron chi connectivity index (χ0n) is 11.5. The minimum Gasteiger partial charge on any atom is -0.497 e. The standard InChI is InChI=1S/C16H17NO3/c1-12-4-3-11-17(16(12)19)15(18)10-7-13-5-8-14(20-2)9-6-13/h5-10H,1,3-4,11H2,2H3/b10-7+. The van der Waals surface area contributed by atoms with Crippen LogP contribution < -0.4 is 4.74 Å². The van der Waals surface area contributed by atoms with E-state index < -0.39 is 0 Å². The fraction of sp³-hybridized carbons (Fsp3) is 0.250. The molecule has 1 aromatic carbocycles. The van der Waals surface area contributed by atoms with Crippen LogP contribution >= 0.6 is 0 Å². The van der Waals surface area contributed by atoms with Crippen LogP contribution in [0.4, 0.5) is 0 Å². The molecule has 0 spiro atoms. The highest BCUT2D eigenvalue weighted by Gasteiger charge is 2.25. The molecule has 1 fully saturated rings. The number of piperidine rings is 1. The normalized spacial score (nSPS) is 15.8. The topological polar surface area (TPSA) is 46.6 Å². The summed E-state index contributed by atoms with van der Waals surface area (Å²) in [6.07, 6.45) is 4.56. The lowest BCUT2D eigenvalue weighted by Gasteiger charge is -2.24. The molecule has 1 heterocycles. The number of nitrogens with zero attached hydrogens (tertiary/aromatic N) is 1. The van der Waals surface area contributed by atoms with Gasteiger partial charge in [0.05, 0.1) is 7.11 Å². The predicted molar refractivity (Wildman–Crippen MR) is 77.1 cm³/mol. The van der Waals surface area contributed by atoms with E-state index in [2.05, 4.69) is 6.58 Å². The second-order valence-electron chi connectivity index (χ2n) is 4.61. The van der Waals surface area contributed by atoms with Crippen LogP contribution in [0, 0.1) is 0 Å². The average molecular weight is 271 g/mol. The molecular formula is C16H17NO3. The highest BCUT2D eigenvalue weighted by molar-refractivity contribution is 6.09. The number of carbonyl (C=O) groups excluding carboxylic acids is 2. The van der Waals surface area contributed by atoms with Crippen molar-refractivity contribution in [3.05, 3.63) is 48.1 Å². The van der Waals surface area contributed by atoms with Crippen molar-refractivity contribution in [1.82, 2.24) is 4.90 Å². The van der Waals surface area contributed by atoms with Crippen molar-refractivity contribution in [3.8, 4) is 5.75 Å². The Morgan fingerprint density at radius 3 is 2.70 bits per heavy atom. The third-order valence-electron chi connectivity index (χ3n) is 3.21.